The van der Waals surface area contributed by atoms with Gasteiger partial charge in [-0.1, -0.05) is 6.58 Å². The molecule has 104 valence electrons. The molecule has 0 unspecified atom stereocenters. The zero-order valence-electron chi connectivity index (χ0n) is 10.0. The summed E-state index contributed by atoms with van der Waals surface area (Å²) >= 11 is 0. The van der Waals surface area contributed by atoms with Crippen LogP contribution in [0.25, 0.3) is 0 Å². The maximum atomic E-state index is 12.7. The first-order valence-corrected chi connectivity index (χ1v) is 4.58. The average Bonchev–Trinajstić information content (AvgIpc) is 2.32. The summed E-state index contributed by atoms with van der Waals surface area (Å²) in [6, 6.07) is 0.688. The third-order valence-corrected chi connectivity index (χ3v) is 1.49. The SMILES string of the molecule is C=CC(=O)[O-].O=C([O-])COc1cc(F)c(F)cc1F.[Mg+2]. The molecule has 0 aliphatic heterocycles. The van der Waals surface area contributed by atoms with Crippen molar-refractivity contribution in [3.8, 4) is 5.75 Å². The molecule has 1 aromatic rings. The third-order valence-electron chi connectivity index (χ3n) is 1.49. The van der Waals surface area contributed by atoms with E-state index in [9.17, 15) is 23.1 Å². The fraction of sp³-hybridized carbons (Fsp3) is 0.0909. The first kappa shape index (κ1) is 20.6. The molecule has 0 saturated heterocycles. The number of hydrogen-bond donors (Lipinski definition) is 0. The molecule has 9 heteroatoms. The zero-order chi connectivity index (χ0) is 15.0. The molecule has 0 aliphatic carbocycles. The minimum atomic E-state index is -1.59. The predicted molar refractivity (Wildman–Crippen MR) is 57.8 cm³/mol. The van der Waals surface area contributed by atoms with Crippen LogP contribution in [0.5, 0.6) is 5.75 Å². The molecule has 20 heavy (non-hydrogen) atoms. The van der Waals surface area contributed by atoms with E-state index in [2.05, 4.69) is 11.3 Å². The fourth-order valence-electron chi connectivity index (χ4n) is 0.752. The second-order valence-electron chi connectivity index (χ2n) is 2.88. The molecule has 0 amide bonds. The summed E-state index contributed by atoms with van der Waals surface area (Å²) in [5.74, 6) is -7.36. The van der Waals surface area contributed by atoms with Gasteiger partial charge in [0, 0.05) is 12.1 Å². The quantitative estimate of drug-likeness (QED) is 0.395. The molecule has 0 fully saturated rings. The standard InChI is InChI=1S/C8H5F3O3.C3H4O2.Mg/c9-4-1-6(11)7(2-5(4)10)14-3-8(12)13;1-2-3(4)5;/h1-2H,3H2,(H,12,13);2H,1H2,(H,4,5);/q;;+2/p-2. The normalized spacial score (nSPS) is 8.55. The molecule has 0 spiro atoms. The minimum Gasteiger partial charge on any atom is -0.546 e. The van der Waals surface area contributed by atoms with Gasteiger partial charge in [0.1, 0.15) is 6.61 Å². The van der Waals surface area contributed by atoms with Crippen LogP contribution in [0.15, 0.2) is 24.8 Å². The molecule has 0 aromatic heterocycles. The van der Waals surface area contributed by atoms with Gasteiger partial charge >= 0.3 is 23.1 Å². The van der Waals surface area contributed by atoms with Gasteiger partial charge < -0.3 is 24.5 Å². The summed E-state index contributed by atoms with van der Waals surface area (Å²) in [7, 11) is 0. The van der Waals surface area contributed by atoms with E-state index in [4.69, 9.17) is 9.90 Å². The second-order valence-corrected chi connectivity index (χ2v) is 2.88. The minimum absolute atomic E-state index is 0. The maximum Gasteiger partial charge on any atom is 2.00 e. The Balaban J connectivity index is 0. The van der Waals surface area contributed by atoms with Crippen LogP contribution in [0.2, 0.25) is 0 Å². The summed E-state index contributed by atoms with van der Waals surface area (Å²) in [6.45, 7) is 1.97. The van der Waals surface area contributed by atoms with E-state index in [1.807, 2.05) is 0 Å². The van der Waals surface area contributed by atoms with Gasteiger partial charge in [0.05, 0.1) is 11.9 Å². The van der Waals surface area contributed by atoms with Gasteiger partial charge in [-0.3, -0.25) is 0 Å². The van der Waals surface area contributed by atoms with E-state index in [1.165, 1.54) is 0 Å². The number of carbonyl (C=O) groups is 2. The molecule has 0 aliphatic rings. The number of carboxylic acids is 2. The van der Waals surface area contributed by atoms with Crippen LogP contribution in [0, 0.1) is 17.5 Å². The van der Waals surface area contributed by atoms with Crippen molar-refractivity contribution in [1.82, 2.24) is 0 Å². The van der Waals surface area contributed by atoms with Crippen molar-refractivity contribution >= 4 is 35.0 Å². The zero-order valence-corrected chi connectivity index (χ0v) is 11.4. The van der Waals surface area contributed by atoms with Crippen molar-refractivity contribution in [2.75, 3.05) is 6.61 Å². The third kappa shape index (κ3) is 8.37. The van der Waals surface area contributed by atoms with Crippen molar-refractivity contribution in [1.29, 1.82) is 0 Å². The average molecular weight is 300 g/mol. The number of ether oxygens (including phenoxy) is 1. The molecule has 0 N–H and O–H groups in total. The Hall–Kier alpha value is -1.74. The number of aliphatic carboxylic acids is 2. The van der Waals surface area contributed by atoms with Crippen molar-refractivity contribution in [2.45, 2.75) is 0 Å². The van der Waals surface area contributed by atoms with Crippen LogP contribution in [-0.2, 0) is 9.59 Å². The molecule has 0 saturated carbocycles. The van der Waals surface area contributed by atoms with Crippen molar-refractivity contribution < 1.29 is 37.7 Å². The molecule has 5 nitrogen and oxygen atoms in total. The van der Waals surface area contributed by atoms with Gasteiger partial charge in [-0.25, -0.2) is 13.2 Å². The smallest absolute Gasteiger partial charge is 0.546 e. The Morgan fingerprint density at radius 3 is 2.00 bits per heavy atom. The molecule has 0 atom stereocenters. The number of benzene rings is 1. The summed E-state index contributed by atoms with van der Waals surface area (Å²) in [6.07, 6.45) is 0.722. The van der Waals surface area contributed by atoms with Crippen LogP contribution in [0.4, 0.5) is 13.2 Å². The summed E-state index contributed by atoms with van der Waals surface area (Å²) < 4.78 is 41.9. The Kier molecular flexibility index (Phi) is 10.4. The van der Waals surface area contributed by atoms with Crippen LogP contribution < -0.4 is 14.9 Å². The predicted octanol–water partition coefficient (Wildman–Crippen LogP) is -1.23. The molecule has 0 bridgehead atoms. The van der Waals surface area contributed by atoms with Crippen LogP contribution in [-0.4, -0.2) is 41.6 Å². The fourth-order valence-corrected chi connectivity index (χ4v) is 0.752. The Morgan fingerprint density at radius 2 is 1.60 bits per heavy atom. The van der Waals surface area contributed by atoms with Crippen LogP contribution in [0.1, 0.15) is 0 Å². The van der Waals surface area contributed by atoms with Crippen LogP contribution in [0.3, 0.4) is 0 Å². The van der Waals surface area contributed by atoms with Gasteiger partial charge in [-0.15, -0.1) is 0 Å². The van der Waals surface area contributed by atoms with Gasteiger partial charge in [-0.2, -0.15) is 0 Å². The second kappa shape index (κ2) is 10.1. The van der Waals surface area contributed by atoms with Gasteiger partial charge in [0.15, 0.2) is 23.2 Å². The van der Waals surface area contributed by atoms with Gasteiger partial charge in [0.25, 0.3) is 0 Å². The van der Waals surface area contributed by atoms with E-state index in [0.717, 1.165) is 6.08 Å². The molecule has 1 rings (SSSR count). The first-order chi connectivity index (χ1) is 8.77. The number of carboxylic acid groups (broad SMARTS) is 2. The topological polar surface area (TPSA) is 89.5 Å². The molecular weight excluding hydrogens is 293 g/mol. The van der Waals surface area contributed by atoms with Crippen LogP contribution >= 0.6 is 0 Å². The molecule has 0 heterocycles. The van der Waals surface area contributed by atoms with E-state index in [-0.39, 0.29) is 29.1 Å². The van der Waals surface area contributed by atoms with Gasteiger partial charge in [-0.05, 0) is 6.08 Å². The Labute approximate surface area is 127 Å². The monoisotopic (exact) mass is 300 g/mol. The number of halogens is 3. The first-order valence-electron chi connectivity index (χ1n) is 4.58. The summed E-state index contributed by atoms with van der Waals surface area (Å²) in [5, 5.41) is 19.0. The maximum absolute atomic E-state index is 12.7. The molecule has 1 aromatic carbocycles. The molecule has 0 radical (unpaired) electrons. The molecular formula is C11H7F3MgO5. The Morgan fingerprint density at radius 1 is 1.15 bits per heavy atom. The van der Waals surface area contributed by atoms with E-state index in [0.29, 0.717) is 6.07 Å². The van der Waals surface area contributed by atoms with Gasteiger partial charge in [0.2, 0.25) is 0 Å². The number of hydrogen-bond acceptors (Lipinski definition) is 5. The Bertz CT molecular complexity index is 493. The number of carbonyl (C=O) groups excluding carboxylic acids is 2. The van der Waals surface area contributed by atoms with Crippen molar-refractivity contribution in [3.05, 3.63) is 42.2 Å². The number of rotatable bonds is 4. The largest absolute Gasteiger partial charge is 2.00 e. The summed E-state index contributed by atoms with van der Waals surface area (Å²) in [5.41, 5.74) is 0. The van der Waals surface area contributed by atoms with Crippen molar-refractivity contribution in [2.24, 2.45) is 0 Å². The van der Waals surface area contributed by atoms with E-state index >= 15 is 0 Å². The van der Waals surface area contributed by atoms with E-state index < -0.39 is 41.7 Å². The van der Waals surface area contributed by atoms with E-state index in [1.54, 1.807) is 0 Å². The van der Waals surface area contributed by atoms with Crippen molar-refractivity contribution in [3.63, 3.8) is 0 Å². The summed E-state index contributed by atoms with van der Waals surface area (Å²) in [4.78, 5) is 19.0.